The summed E-state index contributed by atoms with van der Waals surface area (Å²) in [5.74, 6) is -0.168. The van der Waals surface area contributed by atoms with Gasteiger partial charge in [0.25, 0.3) is 5.91 Å². The third-order valence-corrected chi connectivity index (χ3v) is 6.78. The summed E-state index contributed by atoms with van der Waals surface area (Å²) in [6, 6.07) is 4.72. The molecule has 2 saturated heterocycles. The Morgan fingerprint density at radius 3 is 2.41 bits per heavy atom. The van der Waals surface area contributed by atoms with Crippen molar-refractivity contribution >= 4 is 17.8 Å². The molecule has 0 bridgehead atoms. The van der Waals surface area contributed by atoms with Crippen molar-refractivity contribution in [1.82, 2.24) is 9.80 Å². The molecule has 4 rings (SSSR count). The molecule has 0 radical (unpaired) electrons. The minimum Gasteiger partial charge on any atom is -0.497 e. The number of piperidine rings is 1. The molecule has 2 amide bonds. The number of likely N-dealkylation sites (tertiary alicyclic amines) is 2. The Balaban J connectivity index is 1.44. The number of ether oxygens (including phenoxy) is 1. The van der Waals surface area contributed by atoms with Gasteiger partial charge >= 0.3 is 5.97 Å². The molecule has 1 aromatic carbocycles. The minimum atomic E-state index is -0.914. The van der Waals surface area contributed by atoms with Gasteiger partial charge in [0.2, 0.25) is 5.91 Å². The molecule has 1 atom stereocenters. The fourth-order valence-electron chi connectivity index (χ4n) is 4.79. The zero-order valence-electron chi connectivity index (χ0n) is 17.0. The molecule has 2 heterocycles. The van der Waals surface area contributed by atoms with Crippen LogP contribution in [-0.2, 0) is 9.59 Å². The van der Waals surface area contributed by atoms with Crippen LogP contribution in [-0.4, -0.2) is 65.5 Å². The van der Waals surface area contributed by atoms with Crippen LogP contribution in [0.5, 0.6) is 5.75 Å². The maximum atomic E-state index is 13.0. The second-order valence-electron chi connectivity index (χ2n) is 8.77. The highest BCUT2D eigenvalue weighted by Crippen LogP contribution is 2.45. The molecule has 0 unspecified atom stereocenters. The van der Waals surface area contributed by atoms with Crippen molar-refractivity contribution in [2.45, 2.75) is 45.1 Å². The summed E-state index contributed by atoms with van der Waals surface area (Å²) in [7, 11) is 1.60. The molecule has 2 aliphatic heterocycles. The number of carboxylic acid groups (broad SMARTS) is 1. The highest BCUT2D eigenvalue weighted by Gasteiger charge is 2.52. The van der Waals surface area contributed by atoms with Crippen molar-refractivity contribution in [3.8, 4) is 5.75 Å². The molecular weight excluding hydrogens is 372 g/mol. The molecule has 3 fully saturated rings. The van der Waals surface area contributed by atoms with Crippen LogP contribution in [0.1, 0.15) is 48.0 Å². The SMILES string of the molecule is COc1ccc(C(=O)N2CCC3(CC2)C[C@@H](C(=O)O)N(C(=O)C2CC2)C3)c(C)c1. The first kappa shape index (κ1) is 19.7. The number of aryl methyl sites for hydroxylation is 1. The molecule has 1 saturated carbocycles. The van der Waals surface area contributed by atoms with Gasteiger partial charge in [0, 0.05) is 31.1 Å². The summed E-state index contributed by atoms with van der Waals surface area (Å²) in [4.78, 5) is 40.8. The number of nitrogens with zero attached hydrogens (tertiary/aromatic N) is 2. The summed E-state index contributed by atoms with van der Waals surface area (Å²) in [5.41, 5.74) is 1.35. The van der Waals surface area contributed by atoms with E-state index in [0.717, 1.165) is 37.0 Å². The lowest BCUT2D eigenvalue weighted by atomic mass is 9.76. The molecule has 29 heavy (non-hydrogen) atoms. The van der Waals surface area contributed by atoms with Crippen LogP contribution in [0.3, 0.4) is 0 Å². The molecule has 1 aliphatic carbocycles. The summed E-state index contributed by atoms with van der Waals surface area (Å²) in [6.45, 7) is 3.57. The quantitative estimate of drug-likeness (QED) is 0.838. The Bertz CT molecular complexity index is 840. The van der Waals surface area contributed by atoms with Gasteiger partial charge in [0.15, 0.2) is 0 Å². The first-order valence-corrected chi connectivity index (χ1v) is 10.3. The fourth-order valence-corrected chi connectivity index (χ4v) is 4.79. The zero-order chi connectivity index (χ0) is 20.8. The van der Waals surface area contributed by atoms with E-state index in [4.69, 9.17) is 4.74 Å². The van der Waals surface area contributed by atoms with Crippen LogP contribution in [0.15, 0.2) is 18.2 Å². The number of benzene rings is 1. The number of carboxylic acids is 1. The maximum Gasteiger partial charge on any atom is 0.326 e. The Morgan fingerprint density at radius 2 is 1.86 bits per heavy atom. The van der Waals surface area contributed by atoms with Crippen molar-refractivity contribution in [2.24, 2.45) is 11.3 Å². The summed E-state index contributed by atoms with van der Waals surface area (Å²) >= 11 is 0. The predicted octanol–water partition coefficient (Wildman–Crippen LogP) is 2.32. The van der Waals surface area contributed by atoms with E-state index < -0.39 is 12.0 Å². The second-order valence-corrected chi connectivity index (χ2v) is 8.77. The first-order chi connectivity index (χ1) is 13.8. The number of carbonyl (C=O) groups excluding carboxylic acids is 2. The average Bonchev–Trinajstić information content (AvgIpc) is 3.49. The van der Waals surface area contributed by atoms with Gasteiger partial charge in [-0.05, 0) is 68.2 Å². The van der Waals surface area contributed by atoms with Crippen LogP contribution >= 0.6 is 0 Å². The molecule has 1 N–H and O–H groups in total. The summed E-state index contributed by atoms with van der Waals surface area (Å²) < 4.78 is 5.21. The zero-order valence-corrected chi connectivity index (χ0v) is 17.0. The molecule has 1 spiro atoms. The first-order valence-electron chi connectivity index (χ1n) is 10.3. The van der Waals surface area contributed by atoms with Crippen LogP contribution in [0.4, 0.5) is 0 Å². The second kappa shape index (κ2) is 7.35. The summed E-state index contributed by atoms with van der Waals surface area (Å²) in [6.07, 6.45) is 3.69. The van der Waals surface area contributed by atoms with Gasteiger partial charge < -0.3 is 19.6 Å². The third kappa shape index (κ3) is 3.70. The number of rotatable bonds is 4. The smallest absolute Gasteiger partial charge is 0.326 e. The van der Waals surface area contributed by atoms with E-state index in [1.54, 1.807) is 24.1 Å². The lowest BCUT2D eigenvalue weighted by Crippen LogP contribution is -2.45. The highest BCUT2D eigenvalue weighted by molar-refractivity contribution is 5.96. The lowest BCUT2D eigenvalue weighted by Gasteiger charge is -2.39. The Morgan fingerprint density at radius 1 is 1.17 bits per heavy atom. The number of hydrogen-bond acceptors (Lipinski definition) is 4. The molecule has 156 valence electrons. The van der Waals surface area contributed by atoms with E-state index in [0.29, 0.717) is 31.6 Å². The Hall–Kier alpha value is -2.57. The standard InChI is InChI=1S/C22H28N2O5/c1-14-11-16(29-2)5-6-17(14)20(26)23-9-7-22(8-10-23)12-18(21(27)28)24(13-22)19(25)15-3-4-15/h5-6,11,15,18H,3-4,7-10,12-13H2,1-2H3,(H,27,28)/t18-/m0/s1. The maximum absolute atomic E-state index is 13.0. The third-order valence-electron chi connectivity index (χ3n) is 6.78. The number of methoxy groups -OCH3 is 1. The van der Waals surface area contributed by atoms with Crippen molar-refractivity contribution in [2.75, 3.05) is 26.7 Å². The van der Waals surface area contributed by atoms with E-state index in [9.17, 15) is 19.5 Å². The van der Waals surface area contributed by atoms with Crippen molar-refractivity contribution in [3.05, 3.63) is 29.3 Å². The largest absolute Gasteiger partial charge is 0.497 e. The average molecular weight is 400 g/mol. The number of aliphatic carboxylic acids is 1. The van der Waals surface area contributed by atoms with Gasteiger partial charge in [0.1, 0.15) is 11.8 Å². The predicted molar refractivity (Wildman–Crippen MR) is 106 cm³/mol. The van der Waals surface area contributed by atoms with Gasteiger partial charge in [-0.1, -0.05) is 0 Å². The molecular formula is C22H28N2O5. The van der Waals surface area contributed by atoms with Gasteiger partial charge in [-0.25, -0.2) is 4.79 Å². The van der Waals surface area contributed by atoms with E-state index in [1.165, 1.54) is 0 Å². The van der Waals surface area contributed by atoms with Gasteiger partial charge in [-0.3, -0.25) is 9.59 Å². The normalized spacial score (nSPS) is 23.3. The fraction of sp³-hybridized carbons (Fsp3) is 0.591. The van der Waals surface area contributed by atoms with Gasteiger partial charge in [0.05, 0.1) is 7.11 Å². The van der Waals surface area contributed by atoms with Crippen molar-refractivity contribution in [1.29, 1.82) is 0 Å². The lowest BCUT2D eigenvalue weighted by molar-refractivity contribution is -0.148. The number of amides is 2. The molecule has 3 aliphatic rings. The van der Waals surface area contributed by atoms with E-state index >= 15 is 0 Å². The van der Waals surface area contributed by atoms with Crippen molar-refractivity contribution < 1.29 is 24.2 Å². The van der Waals surface area contributed by atoms with E-state index in [-0.39, 0.29) is 23.1 Å². The molecule has 0 aromatic heterocycles. The van der Waals surface area contributed by atoms with Crippen LogP contribution in [0.2, 0.25) is 0 Å². The van der Waals surface area contributed by atoms with E-state index in [2.05, 4.69) is 0 Å². The van der Waals surface area contributed by atoms with Crippen LogP contribution < -0.4 is 4.74 Å². The topological polar surface area (TPSA) is 87.2 Å². The van der Waals surface area contributed by atoms with Crippen molar-refractivity contribution in [3.63, 3.8) is 0 Å². The summed E-state index contributed by atoms with van der Waals surface area (Å²) in [5, 5.41) is 9.64. The van der Waals surface area contributed by atoms with E-state index in [1.807, 2.05) is 17.9 Å². The Kier molecular flexibility index (Phi) is 5.00. The Labute approximate surface area is 170 Å². The molecule has 1 aromatic rings. The molecule has 7 heteroatoms. The monoisotopic (exact) mass is 400 g/mol. The van der Waals surface area contributed by atoms with Gasteiger partial charge in [-0.2, -0.15) is 0 Å². The number of hydrogen-bond donors (Lipinski definition) is 1. The highest BCUT2D eigenvalue weighted by atomic mass is 16.5. The molecule has 7 nitrogen and oxygen atoms in total. The van der Waals surface area contributed by atoms with Crippen LogP contribution in [0, 0.1) is 18.3 Å². The van der Waals surface area contributed by atoms with Crippen LogP contribution in [0.25, 0.3) is 0 Å². The van der Waals surface area contributed by atoms with Gasteiger partial charge in [-0.15, -0.1) is 0 Å². The minimum absolute atomic E-state index is 0.00121. The number of carbonyl (C=O) groups is 3.